The van der Waals surface area contributed by atoms with Crippen LogP contribution in [-0.4, -0.2) is 46.9 Å². The molecule has 3 unspecified atom stereocenters. The predicted octanol–water partition coefficient (Wildman–Crippen LogP) is 17.9. The zero-order valence-corrected chi connectivity index (χ0v) is 43.9. The average Bonchev–Trinajstić information content (AvgIpc) is 3.30. The van der Waals surface area contributed by atoms with Gasteiger partial charge in [-0.2, -0.15) is 0 Å². The van der Waals surface area contributed by atoms with E-state index in [1.54, 1.807) is 0 Å². The number of hydrogen-bond donors (Lipinski definition) is 3. The van der Waals surface area contributed by atoms with Gasteiger partial charge >= 0.3 is 5.97 Å². The summed E-state index contributed by atoms with van der Waals surface area (Å²) in [6.07, 6.45) is 62.4. The maximum absolute atomic E-state index is 13.3. The van der Waals surface area contributed by atoms with Crippen molar-refractivity contribution >= 4 is 11.9 Å². The van der Waals surface area contributed by atoms with Crippen molar-refractivity contribution in [3.63, 3.8) is 0 Å². The van der Waals surface area contributed by atoms with Crippen molar-refractivity contribution < 1.29 is 24.5 Å². The third-order valence-corrected chi connectivity index (χ3v) is 13.5. The second-order valence-electron chi connectivity index (χ2n) is 20.1. The molecule has 0 saturated heterocycles. The second kappa shape index (κ2) is 53.3. The molecule has 3 atom stereocenters. The molecule has 0 aromatic carbocycles. The van der Waals surface area contributed by atoms with Crippen LogP contribution in [0.15, 0.2) is 24.3 Å². The molecular formula is C59H113NO5. The maximum Gasteiger partial charge on any atom is 0.306 e. The molecule has 0 bridgehead atoms. The molecule has 0 aliphatic heterocycles. The van der Waals surface area contributed by atoms with Crippen molar-refractivity contribution in [1.29, 1.82) is 0 Å². The zero-order valence-electron chi connectivity index (χ0n) is 43.9. The molecule has 1 amide bonds. The fourth-order valence-electron chi connectivity index (χ4n) is 9.11. The SMILES string of the molecule is CCCCC/C=C\C/C=C\CCCCCCCCCCCC(=O)OC(CCCCCCCCCCCCCCC)CC(=O)NC(CO)C(O)CCCCCCCCCCCCCCCC. The number of aliphatic hydroxyl groups is 2. The van der Waals surface area contributed by atoms with E-state index in [4.69, 9.17) is 4.74 Å². The largest absolute Gasteiger partial charge is 0.462 e. The Morgan fingerprint density at radius 1 is 0.446 bits per heavy atom. The van der Waals surface area contributed by atoms with Crippen molar-refractivity contribution in [1.82, 2.24) is 5.32 Å². The van der Waals surface area contributed by atoms with Crippen LogP contribution < -0.4 is 5.32 Å². The monoisotopic (exact) mass is 916 g/mol. The van der Waals surface area contributed by atoms with E-state index in [2.05, 4.69) is 50.4 Å². The number of nitrogens with one attached hydrogen (secondary N) is 1. The van der Waals surface area contributed by atoms with Crippen molar-refractivity contribution in [2.45, 2.75) is 334 Å². The smallest absolute Gasteiger partial charge is 0.306 e. The Kier molecular flexibility index (Phi) is 51.9. The standard InChI is InChI=1S/C59H113NO5/c1-4-7-10-13-16-19-22-25-27-28-29-30-31-34-37-40-43-46-49-52-59(64)65-55(50-47-44-41-38-35-32-24-21-18-15-12-9-6-3)53-58(63)60-56(54-61)57(62)51-48-45-42-39-36-33-26-23-20-17-14-11-8-5-2/h16,19,25,27,55-57,61-62H,4-15,17-18,20-24,26,28-54H2,1-3H3,(H,60,63)/b19-16-,27-25-. The first-order chi connectivity index (χ1) is 32.0. The highest BCUT2D eigenvalue weighted by molar-refractivity contribution is 5.77. The molecule has 0 spiro atoms. The summed E-state index contributed by atoms with van der Waals surface area (Å²) in [5.74, 6) is -0.458. The van der Waals surface area contributed by atoms with E-state index in [-0.39, 0.29) is 24.9 Å². The van der Waals surface area contributed by atoms with Crippen LogP contribution in [0.1, 0.15) is 316 Å². The van der Waals surface area contributed by atoms with Gasteiger partial charge in [0.05, 0.1) is 25.2 Å². The summed E-state index contributed by atoms with van der Waals surface area (Å²) in [5.41, 5.74) is 0. The van der Waals surface area contributed by atoms with Gasteiger partial charge in [0.15, 0.2) is 0 Å². The van der Waals surface area contributed by atoms with Crippen molar-refractivity contribution in [2.24, 2.45) is 0 Å². The normalized spacial score (nSPS) is 13.2. The summed E-state index contributed by atoms with van der Waals surface area (Å²) < 4.78 is 5.96. The summed E-state index contributed by atoms with van der Waals surface area (Å²) in [4.78, 5) is 26.3. The third-order valence-electron chi connectivity index (χ3n) is 13.5. The summed E-state index contributed by atoms with van der Waals surface area (Å²) in [5, 5.41) is 23.9. The van der Waals surface area contributed by atoms with E-state index in [0.717, 1.165) is 51.4 Å². The lowest BCUT2D eigenvalue weighted by Crippen LogP contribution is -2.46. The van der Waals surface area contributed by atoms with Gasteiger partial charge in [0.2, 0.25) is 5.91 Å². The topological polar surface area (TPSA) is 95.9 Å². The molecule has 6 heteroatoms. The van der Waals surface area contributed by atoms with Gasteiger partial charge in [-0.25, -0.2) is 0 Å². The number of aliphatic hydroxyl groups excluding tert-OH is 2. The van der Waals surface area contributed by atoms with Crippen molar-refractivity contribution in [3.05, 3.63) is 24.3 Å². The number of allylic oxidation sites excluding steroid dienone is 4. The minimum Gasteiger partial charge on any atom is -0.462 e. The van der Waals surface area contributed by atoms with Crippen LogP contribution in [0.4, 0.5) is 0 Å². The molecule has 65 heavy (non-hydrogen) atoms. The summed E-state index contributed by atoms with van der Waals surface area (Å²) in [6, 6.07) is -0.697. The first-order valence-corrected chi connectivity index (χ1v) is 29.1. The van der Waals surface area contributed by atoms with Gasteiger partial charge in [-0.1, -0.05) is 270 Å². The molecule has 0 saturated carbocycles. The minimum atomic E-state index is -0.784. The minimum absolute atomic E-state index is 0.0822. The lowest BCUT2D eigenvalue weighted by Gasteiger charge is -2.24. The molecule has 0 aromatic rings. The third kappa shape index (κ3) is 48.6. The molecule has 0 radical (unpaired) electrons. The average molecular weight is 917 g/mol. The molecule has 0 heterocycles. The van der Waals surface area contributed by atoms with Gasteiger partial charge in [-0.05, 0) is 57.8 Å². The molecule has 3 N–H and O–H groups in total. The molecule has 0 fully saturated rings. The summed E-state index contributed by atoms with van der Waals surface area (Å²) >= 11 is 0. The first kappa shape index (κ1) is 63.3. The highest BCUT2D eigenvalue weighted by atomic mass is 16.5. The van der Waals surface area contributed by atoms with Crippen molar-refractivity contribution in [3.8, 4) is 0 Å². The lowest BCUT2D eigenvalue weighted by atomic mass is 10.0. The van der Waals surface area contributed by atoms with E-state index < -0.39 is 18.2 Å². The number of rotatable bonds is 53. The Hall–Kier alpha value is -1.66. The Balaban J connectivity index is 4.48. The lowest BCUT2D eigenvalue weighted by molar-refractivity contribution is -0.151. The van der Waals surface area contributed by atoms with Crippen LogP contribution in [0.5, 0.6) is 0 Å². The number of unbranched alkanes of at least 4 members (excludes halogenated alkanes) is 37. The molecular weight excluding hydrogens is 803 g/mol. The Labute approximate surface area is 405 Å². The van der Waals surface area contributed by atoms with Crippen LogP contribution in [0.3, 0.4) is 0 Å². The number of amides is 1. The molecule has 384 valence electrons. The van der Waals surface area contributed by atoms with Gasteiger partial charge in [-0.15, -0.1) is 0 Å². The van der Waals surface area contributed by atoms with E-state index in [1.165, 1.54) is 218 Å². The van der Waals surface area contributed by atoms with Crippen molar-refractivity contribution in [2.75, 3.05) is 6.61 Å². The number of carbonyl (C=O) groups is 2. The quantitative estimate of drug-likeness (QED) is 0.0321. The van der Waals surface area contributed by atoms with E-state index in [0.29, 0.717) is 19.3 Å². The van der Waals surface area contributed by atoms with Gasteiger partial charge < -0.3 is 20.3 Å². The van der Waals surface area contributed by atoms with Gasteiger partial charge in [0.1, 0.15) is 6.10 Å². The Morgan fingerprint density at radius 3 is 1.20 bits per heavy atom. The van der Waals surface area contributed by atoms with E-state index in [9.17, 15) is 19.8 Å². The van der Waals surface area contributed by atoms with E-state index >= 15 is 0 Å². The Bertz CT molecular complexity index is 1030. The molecule has 6 nitrogen and oxygen atoms in total. The van der Waals surface area contributed by atoms with Gasteiger partial charge in [0.25, 0.3) is 0 Å². The van der Waals surface area contributed by atoms with Crippen LogP contribution in [0.25, 0.3) is 0 Å². The van der Waals surface area contributed by atoms with Gasteiger partial charge in [-0.3, -0.25) is 9.59 Å². The summed E-state index contributed by atoms with van der Waals surface area (Å²) in [7, 11) is 0. The maximum atomic E-state index is 13.3. The van der Waals surface area contributed by atoms with Crippen LogP contribution in [0.2, 0.25) is 0 Å². The fraction of sp³-hybridized carbons (Fsp3) is 0.898. The predicted molar refractivity (Wildman–Crippen MR) is 283 cm³/mol. The molecule has 0 aliphatic carbocycles. The summed E-state index contributed by atoms with van der Waals surface area (Å²) in [6.45, 7) is 6.50. The number of carbonyl (C=O) groups excluding carboxylic acids is 2. The van der Waals surface area contributed by atoms with Crippen LogP contribution >= 0.6 is 0 Å². The molecule has 0 aliphatic rings. The molecule has 0 rings (SSSR count). The number of esters is 1. The van der Waals surface area contributed by atoms with Crippen LogP contribution in [-0.2, 0) is 14.3 Å². The second-order valence-corrected chi connectivity index (χ2v) is 20.1. The highest BCUT2D eigenvalue weighted by Gasteiger charge is 2.24. The van der Waals surface area contributed by atoms with Crippen LogP contribution in [0, 0.1) is 0 Å². The first-order valence-electron chi connectivity index (χ1n) is 29.1. The highest BCUT2D eigenvalue weighted by Crippen LogP contribution is 2.19. The molecule has 0 aromatic heterocycles. The van der Waals surface area contributed by atoms with E-state index in [1.807, 2.05) is 0 Å². The number of ether oxygens (including phenoxy) is 1. The fourth-order valence-corrected chi connectivity index (χ4v) is 9.11. The zero-order chi connectivity index (χ0) is 47.4. The van der Waals surface area contributed by atoms with Gasteiger partial charge in [0, 0.05) is 6.42 Å². The Morgan fingerprint density at radius 2 is 0.785 bits per heavy atom. The number of hydrogen-bond acceptors (Lipinski definition) is 5.